The Bertz CT molecular complexity index is 3460. The Labute approximate surface area is 373 Å². The van der Waals surface area contributed by atoms with Crippen LogP contribution in [0.4, 0.5) is 28.4 Å². The van der Waals surface area contributed by atoms with Crippen LogP contribution in [0.15, 0.2) is 242 Å². The molecule has 0 saturated heterocycles. The Morgan fingerprint density at radius 3 is 1.61 bits per heavy atom. The minimum Gasteiger partial charge on any atom is -0.333 e. The predicted octanol–water partition coefficient (Wildman–Crippen LogP) is 16.5. The highest BCUT2D eigenvalue weighted by Gasteiger charge is 2.22. The number of hydrogen-bond acceptors (Lipinski definition) is 2. The van der Waals surface area contributed by atoms with Crippen molar-refractivity contribution in [3.8, 4) is 16.8 Å². The van der Waals surface area contributed by atoms with E-state index in [2.05, 4.69) is 256 Å². The zero-order valence-corrected chi connectivity index (χ0v) is 35.5. The molecule has 64 heavy (non-hydrogen) atoms. The van der Waals surface area contributed by atoms with Gasteiger partial charge in [0, 0.05) is 72.4 Å². The zero-order chi connectivity index (χ0) is 42.4. The molecule has 2 heterocycles. The first kappa shape index (κ1) is 37.7. The SMILES string of the molecule is C1=CCCC(N(c2ccc(-c3ccc(N(c4ccccc4)c4ccc5c(c4)c4ccccc4n5-c4ccccc4)cc3)cc2)c2ccc3c(c2)c2ccccc2n3C2C=CC=CC2)=C1. The second-order valence-corrected chi connectivity index (χ2v) is 16.8. The molecule has 0 saturated carbocycles. The third-order valence-electron chi connectivity index (χ3n) is 13.0. The molecule has 0 amide bonds. The average molecular weight is 823 g/mol. The van der Waals surface area contributed by atoms with E-state index in [0.717, 1.165) is 47.7 Å². The fraction of sp³-hybridized carbons (Fsp3) is 0.0667. The van der Waals surface area contributed by atoms with Crippen LogP contribution in [0.2, 0.25) is 0 Å². The lowest BCUT2D eigenvalue weighted by molar-refractivity contribution is 0.648. The second kappa shape index (κ2) is 16.0. The summed E-state index contributed by atoms with van der Waals surface area (Å²) in [6.07, 6.45) is 18.7. The Balaban J connectivity index is 0.894. The first-order chi connectivity index (χ1) is 31.8. The molecule has 0 spiro atoms. The van der Waals surface area contributed by atoms with Crippen molar-refractivity contribution in [1.29, 1.82) is 0 Å². The molecule has 0 fully saturated rings. The summed E-state index contributed by atoms with van der Waals surface area (Å²) in [5, 5.41) is 5.04. The number of benzene rings is 8. The van der Waals surface area contributed by atoms with E-state index in [1.165, 1.54) is 66.1 Å². The van der Waals surface area contributed by atoms with Crippen molar-refractivity contribution in [3.05, 3.63) is 242 Å². The largest absolute Gasteiger partial charge is 0.333 e. The van der Waals surface area contributed by atoms with Crippen molar-refractivity contribution in [2.24, 2.45) is 0 Å². The molecule has 12 rings (SSSR count). The molecule has 1 unspecified atom stereocenters. The van der Waals surface area contributed by atoms with E-state index in [1.54, 1.807) is 0 Å². The van der Waals surface area contributed by atoms with Crippen LogP contribution in [-0.2, 0) is 0 Å². The Kier molecular flexibility index (Phi) is 9.41. The minimum atomic E-state index is 0.298. The van der Waals surface area contributed by atoms with Gasteiger partial charge in [-0.15, -0.1) is 0 Å². The molecule has 8 aromatic carbocycles. The molecule has 2 aromatic heterocycles. The monoisotopic (exact) mass is 822 g/mol. The maximum atomic E-state index is 2.52. The standard InChI is InChI=1S/C60H46N4/c1-5-17-45(18-6-1)61(51-37-39-59-55(41-51)53-25-13-15-27-57(53)63(59)47-21-9-3-10-22-47)49-33-29-43(30-34-49)44-31-35-50(36-32-44)62(46-19-7-2-8-20-46)52-38-40-60-56(42-52)54-26-14-16-28-58(54)64(60)48-23-11-4-12-24-48/h1-7,9-19,21-23,25-42,48H,8,20,24H2. The molecular formula is C60H46N4. The highest BCUT2D eigenvalue weighted by molar-refractivity contribution is 6.11. The van der Waals surface area contributed by atoms with Gasteiger partial charge in [0.1, 0.15) is 0 Å². The minimum absolute atomic E-state index is 0.298. The fourth-order valence-electron chi connectivity index (χ4n) is 10.1. The molecule has 4 heteroatoms. The summed E-state index contributed by atoms with van der Waals surface area (Å²) in [7, 11) is 0. The number of fused-ring (bicyclic) bond motifs is 6. The highest BCUT2D eigenvalue weighted by Crippen LogP contribution is 2.43. The van der Waals surface area contributed by atoms with Gasteiger partial charge in [0.25, 0.3) is 0 Å². The third-order valence-corrected chi connectivity index (χ3v) is 13.0. The van der Waals surface area contributed by atoms with Crippen molar-refractivity contribution in [1.82, 2.24) is 9.13 Å². The Hall–Kier alpha value is -8.08. The molecular weight excluding hydrogens is 777 g/mol. The lowest BCUT2D eigenvalue weighted by atomic mass is 10.0. The van der Waals surface area contributed by atoms with Crippen LogP contribution >= 0.6 is 0 Å². The topological polar surface area (TPSA) is 16.3 Å². The lowest BCUT2D eigenvalue weighted by Crippen LogP contribution is -2.17. The van der Waals surface area contributed by atoms with Gasteiger partial charge in [-0.2, -0.15) is 0 Å². The summed E-state index contributed by atoms with van der Waals surface area (Å²) in [4.78, 5) is 4.82. The van der Waals surface area contributed by atoms with Gasteiger partial charge in [0.2, 0.25) is 0 Å². The van der Waals surface area contributed by atoms with Gasteiger partial charge in [-0.3, -0.25) is 0 Å². The summed E-state index contributed by atoms with van der Waals surface area (Å²) < 4.78 is 4.89. The van der Waals surface area contributed by atoms with Gasteiger partial charge in [0.05, 0.1) is 17.1 Å². The maximum Gasteiger partial charge on any atom is 0.0560 e. The Morgan fingerprint density at radius 2 is 0.938 bits per heavy atom. The number of nitrogens with zero attached hydrogens (tertiary/aromatic N) is 4. The van der Waals surface area contributed by atoms with Crippen LogP contribution in [0.5, 0.6) is 0 Å². The van der Waals surface area contributed by atoms with E-state index in [9.17, 15) is 0 Å². The molecule has 2 aliphatic carbocycles. The molecule has 0 N–H and O–H groups in total. The molecule has 4 nitrogen and oxygen atoms in total. The number of rotatable bonds is 9. The van der Waals surface area contributed by atoms with Gasteiger partial charge in [-0.25, -0.2) is 0 Å². The number of aromatic nitrogens is 2. The predicted molar refractivity (Wildman–Crippen MR) is 271 cm³/mol. The third kappa shape index (κ3) is 6.54. The lowest BCUT2D eigenvalue weighted by Gasteiger charge is -2.29. The summed E-state index contributed by atoms with van der Waals surface area (Å²) in [6, 6.07) is 71.3. The van der Waals surface area contributed by atoms with Crippen LogP contribution in [0, 0.1) is 0 Å². The van der Waals surface area contributed by atoms with Gasteiger partial charge in [-0.05, 0) is 134 Å². The average Bonchev–Trinajstić information content (AvgIpc) is 3.88. The number of allylic oxidation sites excluding steroid dienone is 8. The molecule has 306 valence electrons. The zero-order valence-electron chi connectivity index (χ0n) is 35.5. The summed E-state index contributed by atoms with van der Waals surface area (Å²) in [6.45, 7) is 0. The molecule has 1 atom stereocenters. The van der Waals surface area contributed by atoms with Crippen molar-refractivity contribution in [3.63, 3.8) is 0 Å². The summed E-state index contributed by atoms with van der Waals surface area (Å²) in [5.41, 5.74) is 15.4. The van der Waals surface area contributed by atoms with Gasteiger partial charge in [0.15, 0.2) is 0 Å². The number of para-hydroxylation sites is 4. The van der Waals surface area contributed by atoms with Gasteiger partial charge >= 0.3 is 0 Å². The van der Waals surface area contributed by atoms with Crippen LogP contribution in [0.3, 0.4) is 0 Å². The van der Waals surface area contributed by atoms with Crippen molar-refractivity contribution in [2.75, 3.05) is 9.80 Å². The van der Waals surface area contributed by atoms with E-state index < -0.39 is 0 Å². The van der Waals surface area contributed by atoms with Crippen LogP contribution in [0.25, 0.3) is 60.4 Å². The van der Waals surface area contributed by atoms with E-state index >= 15 is 0 Å². The first-order valence-corrected chi connectivity index (χ1v) is 22.4. The van der Waals surface area contributed by atoms with Crippen LogP contribution in [0.1, 0.15) is 25.3 Å². The second-order valence-electron chi connectivity index (χ2n) is 16.8. The van der Waals surface area contributed by atoms with Crippen molar-refractivity contribution >= 4 is 72.0 Å². The smallest absolute Gasteiger partial charge is 0.0560 e. The molecule has 0 aliphatic heterocycles. The van der Waals surface area contributed by atoms with E-state index in [-0.39, 0.29) is 0 Å². The van der Waals surface area contributed by atoms with Crippen molar-refractivity contribution in [2.45, 2.75) is 25.3 Å². The number of hydrogen-bond donors (Lipinski definition) is 0. The number of anilines is 5. The summed E-state index contributed by atoms with van der Waals surface area (Å²) in [5.74, 6) is 0. The highest BCUT2D eigenvalue weighted by atomic mass is 15.2. The van der Waals surface area contributed by atoms with E-state index in [1.807, 2.05) is 0 Å². The normalized spacial score (nSPS) is 14.8. The van der Waals surface area contributed by atoms with E-state index in [4.69, 9.17) is 0 Å². The van der Waals surface area contributed by atoms with Crippen molar-refractivity contribution < 1.29 is 0 Å². The summed E-state index contributed by atoms with van der Waals surface area (Å²) >= 11 is 0. The van der Waals surface area contributed by atoms with Gasteiger partial charge in [-0.1, -0.05) is 134 Å². The fourth-order valence-corrected chi connectivity index (χ4v) is 10.1. The molecule has 0 radical (unpaired) electrons. The Morgan fingerprint density at radius 1 is 0.406 bits per heavy atom. The molecule has 0 bridgehead atoms. The molecule has 2 aliphatic rings. The quantitative estimate of drug-likeness (QED) is 0.144. The molecule has 10 aromatic rings. The van der Waals surface area contributed by atoms with Crippen LogP contribution < -0.4 is 9.80 Å². The van der Waals surface area contributed by atoms with Gasteiger partial charge < -0.3 is 18.9 Å². The van der Waals surface area contributed by atoms with Crippen LogP contribution in [-0.4, -0.2) is 9.13 Å². The first-order valence-electron chi connectivity index (χ1n) is 22.4. The maximum absolute atomic E-state index is 2.52. The van der Waals surface area contributed by atoms with E-state index in [0.29, 0.717) is 6.04 Å².